The van der Waals surface area contributed by atoms with Crippen molar-refractivity contribution in [1.82, 2.24) is 10.2 Å². The first-order chi connectivity index (χ1) is 17.0. The molecule has 0 aliphatic rings. The molecule has 3 rings (SSSR count). The molecule has 35 heavy (non-hydrogen) atoms. The Morgan fingerprint density at radius 3 is 2.17 bits per heavy atom. The van der Waals surface area contributed by atoms with Crippen molar-refractivity contribution in [2.45, 2.75) is 43.7 Å². The van der Waals surface area contributed by atoms with Crippen LogP contribution >= 0.6 is 35.0 Å². The van der Waals surface area contributed by atoms with E-state index in [1.807, 2.05) is 60.7 Å². The number of nitrogens with zero attached hydrogens (tertiary/aromatic N) is 1. The van der Waals surface area contributed by atoms with Crippen LogP contribution in [-0.4, -0.2) is 35.1 Å². The van der Waals surface area contributed by atoms with Gasteiger partial charge in [0, 0.05) is 40.0 Å². The summed E-state index contributed by atoms with van der Waals surface area (Å²) in [6.07, 6.45) is 2.23. The van der Waals surface area contributed by atoms with Crippen molar-refractivity contribution in [2.24, 2.45) is 0 Å². The largest absolute Gasteiger partial charge is 0.354 e. The van der Waals surface area contributed by atoms with Crippen LogP contribution in [0.25, 0.3) is 0 Å². The van der Waals surface area contributed by atoms with E-state index in [4.69, 9.17) is 23.2 Å². The van der Waals surface area contributed by atoms with E-state index in [1.165, 1.54) is 11.8 Å². The van der Waals surface area contributed by atoms with Crippen LogP contribution in [0, 0.1) is 0 Å². The predicted octanol–water partition coefficient (Wildman–Crippen LogP) is 6.64. The zero-order chi connectivity index (χ0) is 25.0. The van der Waals surface area contributed by atoms with Crippen LogP contribution in [0.4, 0.5) is 0 Å². The Balaban J connectivity index is 1.93. The monoisotopic (exact) mass is 528 g/mol. The summed E-state index contributed by atoms with van der Waals surface area (Å²) in [5.41, 5.74) is 1.61. The van der Waals surface area contributed by atoms with Gasteiger partial charge >= 0.3 is 0 Å². The molecule has 0 saturated carbocycles. The molecule has 0 radical (unpaired) electrons. The van der Waals surface area contributed by atoms with Crippen LogP contribution in [-0.2, 0) is 22.6 Å². The van der Waals surface area contributed by atoms with Gasteiger partial charge in [0.2, 0.25) is 11.8 Å². The fraction of sp³-hybridized carbons (Fsp3) is 0.286. The summed E-state index contributed by atoms with van der Waals surface area (Å²) in [4.78, 5) is 29.7. The van der Waals surface area contributed by atoms with E-state index in [2.05, 4.69) is 12.2 Å². The molecule has 0 spiro atoms. The van der Waals surface area contributed by atoms with Crippen molar-refractivity contribution in [3.8, 4) is 0 Å². The molecule has 0 saturated heterocycles. The molecule has 0 heterocycles. The third-order valence-electron chi connectivity index (χ3n) is 5.60. The third kappa shape index (κ3) is 8.31. The lowest BCUT2D eigenvalue weighted by atomic mass is 10.0. The third-order valence-corrected chi connectivity index (χ3v) is 7.30. The van der Waals surface area contributed by atoms with E-state index >= 15 is 0 Å². The number of amides is 2. The summed E-state index contributed by atoms with van der Waals surface area (Å²) in [6.45, 7) is 2.78. The van der Waals surface area contributed by atoms with Gasteiger partial charge in [0.15, 0.2) is 0 Å². The topological polar surface area (TPSA) is 49.4 Å². The fourth-order valence-electron chi connectivity index (χ4n) is 3.66. The van der Waals surface area contributed by atoms with Crippen molar-refractivity contribution in [3.63, 3.8) is 0 Å². The van der Waals surface area contributed by atoms with Crippen LogP contribution in [0.3, 0.4) is 0 Å². The molecular weight excluding hydrogens is 499 g/mol. The molecule has 4 nitrogen and oxygen atoms in total. The maximum atomic E-state index is 13.6. The summed E-state index contributed by atoms with van der Waals surface area (Å²) < 4.78 is 0. The van der Waals surface area contributed by atoms with Crippen molar-refractivity contribution >= 4 is 46.8 Å². The zero-order valence-corrected chi connectivity index (χ0v) is 22.1. The maximum absolute atomic E-state index is 13.6. The minimum atomic E-state index is -0.703. The van der Waals surface area contributed by atoms with Crippen LogP contribution in [0.15, 0.2) is 83.8 Å². The average molecular weight is 530 g/mol. The number of unbranched alkanes of at least 4 members (excludes halogenated alkanes) is 1. The normalized spacial score (nSPS) is 11.6. The van der Waals surface area contributed by atoms with Gasteiger partial charge < -0.3 is 10.2 Å². The van der Waals surface area contributed by atoms with Gasteiger partial charge in [0.25, 0.3) is 0 Å². The van der Waals surface area contributed by atoms with Gasteiger partial charge in [0.05, 0.1) is 5.75 Å². The van der Waals surface area contributed by atoms with Gasteiger partial charge in [-0.15, -0.1) is 11.8 Å². The summed E-state index contributed by atoms with van der Waals surface area (Å²) in [5.74, 6) is -0.135. The lowest BCUT2D eigenvalue weighted by molar-refractivity contribution is -0.139. The quantitative estimate of drug-likeness (QED) is 0.211. The van der Waals surface area contributed by atoms with E-state index in [0.717, 1.165) is 23.3 Å². The molecule has 2 amide bonds. The highest BCUT2D eigenvalue weighted by Gasteiger charge is 2.31. The Morgan fingerprint density at radius 1 is 0.914 bits per heavy atom. The Bertz CT molecular complexity index is 1080. The van der Waals surface area contributed by atoms with Crippen LogP contribution in [0.5, 0.6) is 0 Å². The zero-order valence-electron chi connectivity index (χ0n) is 19.8. The number of benzene rings is 3. The molecule has 184 valence electrons. The first kappa shape index (κ1) is 27.1. The standard InChI is InChI=1S/C28H30Cl2N2O2S/c1-2-3-17-31-28(34)26(18-21-11-6-4-7-12-21)32(19-23-24(29)15-10-16-25(23)30)27(33)20-35-22-13-8-5-9-14-22/h4-16,26H,2-3,17-20H2,1H3,(H,31,34)/t26-/m1/s1. The number of nitrogens with one attached hydrogen (secondary N) is 1. The minimum Gasteiger partial charge on any atom is -0.354 e. The molecule has 0 aromatic heterocycles. The van der Waals surface area contributed by atoms with Crippen LogP contribution in [0.2, 0.25) is 10.0 Å². The molecule has 1 atom stereocenters. The first-order valence-corrected chi connectivity index (χ1v) is 13.5. The Morgan fingerprint density at radius 2 is 1.54 bits per heavy atom. The molecule has 0 aliphatic heterocycles. The lowest BCUT2D eigenvalue weighted by Gasteiger charge is -2.32. The van der Waals surface area contributed by atoms with E-state index in [-0.39, 0.29) is 24.1 Å². The Kier molecular flexibility index (Phi) is 11.0. The molecule has 3 aromatic rings. The molecule has 1 N–H and O–H groups in total. The van der Waals surface area contributed by atoms with Crippen molar-refractivity contribution in [2.75, 3.05) is 12.3 Å². The van der Waals surface area contributed by atoms with Gasteiger partial charge in [-0.25, -0.2) is 0 Å². The second-order valence-corrected chi connectivity index (χ2v) is 10.0. The number of rotatable bonds is 12. The van der Waals surface area contributed by atoms with E-state index in [9.17, 15) is 9.59 Å². The summed E-state index contributed by atoms with van der Waals surface area (Å²) in [6, 6.07) is 24.0. The second kappa shape index (κ2) is 14.2. The number of halogens is 2. The SMILES string of the molecule is CCCCNC(=O)[C@@H](Cc1ccccc1)N(Cc1c(Cl)cccc1Cl)C(=O)CSc1ccccc1. The van der Waals surface area contributed by atoms with Gasteiger partial charge in [-0.05, 0) is 36.2 Å². The van der Waals surface area contributed by atoms with Gasteiger partial charge in [-0.2, -0.15) is 0 Å². The first-order valence-electron chi connectivity index (χ1n) is 11.7. The molecule has 0 unspecified atom stereocenters. The van der Waals surface area contributed by atoms with E-state index in [0.29, 0.717) is 28.6 Å². The van der Waals surface area contributed by atoms with Crippen molar-refractivity contribution in [1.29, 1.82) is 0 Å². The minimum absolute atomic E-state index is 0.144. The number of thioether (sulfide) groups is 1. The number of hydrogen-bond acceptors (Lipinski definition) is 3. The van der Waals surface area contributed by atoms with E-state index in [1.54, 1.807) is 23.1 Å². The Hall–Kier alpha value is -2.47. The highest BCUT2D eigenvalue weighted by molar-refractivity contribution is 8.00. The van der Waals surface area contributed by atoms with Gasteiger partial charge in [-0.1, -0.05) is 91.1 Å². The summed E-state index contributed by atoms with van der Waals surface area (Å²) in [7, 11) is 0. The van der Waals surface area contributed by atoms with Gasteiger partial charge in [0.1, 0.15) is 6.04 Å². The number of carbonyl (C=O) groups is 2. The summed E-state index contributed by atoms with van der Waals surface area (Å²) in [5, 5.41) is 3.96. The number of carbonyl (C=O) groups excluding carboxylic acids is 2. The molecule has 0 aliphatic carbocycles. The van der Waals surface area contributed by atoms with Crippen LogP contribution < -0.4 is 5.32 Å². The molecule has 3 aromatic carbocycles. The molecule has 7 heteroatoms. The van der Waals surface area contributed by atoms with Crippen molar-refractivity contribution in [3.05, 3.63) is 100 Å². The number of hydrogen-bond donors (Lipinski definition) is 1. The second-order valence-electron chi connectivity index (χ2n) is 8.17. The smallest absolute Gasteiger partial charge is 0.243 e. The molecule has 0 fully saturated rings. The highest BCUT2D eigenvalue weighted by Crippen LogP contribution is 2.28. The van der Waals surface area contributed by atoms with Gasteiger partial charge in [-0.3, -0.25) is 9.59 Å². The van der Waals surface area contributed by atoms with Crippen molar-refractivity contribution < 1.29 is 9.59 Å². The molecular formula is C28H30Cl2N2O2S. The lowest BCUT2D eigenvalue weighted by Crippen LogP contribution is -2.51. The molecule has 0 bridgehead atoms. The predicted molar refractivity (Wildman–Crippen MR) is 146 cm³/mol. The fourth-order valence-corrected chi connectivity index (χ4v) is 4.98. The highest BCUT2D eigenvalue weighted by atomic mass is 35.5. The maximum Gasteiger partial charge on any atom is 0.243 e. The average Bonchev–Trinajstić information content (AvgIpc) is 2.87. The Labute approximate surface area is 222 Å². The van der Waals surface area contributed by atoms with Crippen LogP contribution in [0.1, 0.15) is 30.9 Å². The van der Waals surface area contributed by atoms with E-state index < -0.39 is 6.04 Å². The summed E-state index contributed by atoms with van der Waals surface area (Å²) >= 11 is 14.4.